The largest absolute Gasteiger partial charge is 0.463 e. The first-order chi connectivity index (χ1) is 14.9. The smallest absolute Gasteiger partial charge is 0.346 e. The lowest BCUT2D eigenvalue weighted by molar-refractivity contribution is -0.384. The molecule has 2 aromatic carbocycles. The van der Waals surface area contributed by atoms with Gasteiger partial charge in [-0.05, 0) is 42.8 Å². The van der Waals surface area contributed by atoms with E-state index < -0.39 is 10.5 Å². The zero-order valence-electron chi connectivity index (χ0n) is 15.9. The maximum atomic E-state index is 13.1. The minimum Gasteiger partial charge on any atom is -0.463 e. The van der Waals surface area contributed by atoms with Gasteiger partial charge in [0.05, 0.1) is 26.8 Å². The zero-order chi connectivity index (χ0) is 21.7. The number of aryl methyl sites for hydroxylation is 1. The maximum Gasteiger partial charge on any atom is 0.346 e. The van der Waals surface area contributed by atoms with Crippen LogP contribution in [-0.4, -0.2) is 9.91 Å². The van der Waals surface area contributed by atoms with Crippen molar-refractivity contribution in [3.05, 3.63) is 90.6 Å². The van der Waals surface area contributed by atoms with Gasteiger partial charge in [0.15, 0.2) is 0 Å². The number of benzene rings is 2. The van der Waals surface area contributed by atoms with Crippen LogP contribution in [0.3, 0.4) is 0 Å². The second kappa shape index (κ2) is 6.99. The summed E-state index contributed by atoms with van der Waals surface area (Å²) in [6.07, 6.45) is 1.31. The van der Waals surface area contributed by atoms with Crippen molar-refractivity contribution < 1.29 is 13.8 Å². The fourth-order valence-corrected chi connectivity index (χ4v) is 4.18. The fraction of sp³-hybridized carbons (Fsp3) is 0.0455. The first-order valence-corrected chi connectivity index (χ1v) is 10.00. The van der Waals surface area contributed by atoms with Crippen LogP contribution in [0.4, 0.5) is 5.69 Å². The van der Waals surface area contributed by atoms with Gasteiger partial charge in [0.1, 0.15) is 22.4 Å². The SMILES string of the molecule is Cc1csc(-c2cc3c(ccc4c(=O)c(-c5ccc([N+](=O)[O-])cc5)coc43)oc2=O)n1. The Morgan fingerprint density at radius 3 is 2.48 bits per heavy atom. The van der Waals surface area contributed by atoms with E-state index in [2.05, 4.69) is 4.98 Å². The molecular formula is C22H12N2O6S. The highest BCUT2D eigenvalue weighted by molar-refractivity contribution is 7.13. The van der Waals surface area contributed by atoms with E-state index in [0.717, 1.165) is 5.69 Å². The second-order valence-corrected chi connectivity index (χ2v) is 7.74. The van der Waals surface area contributed by atoms with Crippen LogP contribution in [0, 0.1) is 17.0 Å². The van der Waals surface area contributed by atoms with Gasteiger partial charge in [0, 0.05) is 23.2 Å². The molecule has 0 atom stereocenters. The van der Waals surface area contributed by atoms with Crippen LogP contribution >= 0.6 is 11.3 Å². The lowest BCUT2D eigenvalue weighted by Crippen LogP contribution is -2.06. The van der Waals surface area contributed by atoms with Gasteiger partial charge >= 0.3 is 5.63 Å². The van der Waals surface area contributed by atoms with Gasteiger partial charge in [-0.1, -0.05) is 0 Å². The molecular weight excluding hydrogens is 420 g/mol. The zero-order valence-corrected chi connectivity index (χ0v) is 16.8. The third-order valence-electron chi connectivity index (χ3n) is 4.89. The molecule has 0 amide bonds. The summed E-state index contributed by atoms with van der Waals surface area (Å²) in [5.74, 6) is 0. The summed E-state index contributed by atoms with van der Waals surface area (Å²) < 4.78 is 11.2. The standard InChI is InChI=1S/C22H12N2O6S/c1-11-10-31-21(23-11)16-8-15-18(30-22(16)26)7-6-14-19(25)17(9-29-20(14)15)12-2-4-13(5-3-12)24(27)28/h2-10H,1H3. The van der Waals surface area contributed by atoms with E-state index in [0.29, 0.717) is 32.5 Å². The summed E-state index contributed by atoms with van der Waals surface area (Å²) in [4.78, 5) is 40.2. The highest BCUT2D eigenvalue weighted by atomic mass is 32.1. The first-order valence-electron chi connectivity index (χ1n) is 9.12. The molecule has 152 valence electrons. The molecule has 9 heteroatoms. The normalized spacial score (nSPS) is 11.3. The number of fused-ring (bicyclic) bond motifs is 3. The van der Waals surface area contributed by atoms with Gasteiger partial charge in [0.25, 0.3) is 5.69 Å². The molecule has 5 rings (SSSR count). The topological polar surface area (TPSA) is 116 Å². The Hall–Kier alpha value is -4.11. The molecule has 31 heavy (non-hydrogen) atoms. The summed E-state index contributed by atoms with van der Waals surface area (Å²) in [6.45, 7) is 1.83. The van der Waals surface area contributed by atoms with Crippen LogP contribution in [-0.2, 0) is 0 Å². The summed E-state index contributed by atoms with van der Waals surface area (Å²) in [5.41, 5.74) is 1.54. The highest BCUT2D eigenvalue weighted by Gasteiger charge is 2.17. The quantitative estimate of drug-likeness (QED) is 0.172. The third kappa shape index (κ3) is 3.11. The van der Waals surface area contributed by atoms with Crippen molar-refractivity contribution in [2.45, 2.75) is 6.92 Å². The number of aromatic nitrogens is 1. The Kier molecular flexibility index (Phi) is 4.26. The molecule has 0 fully saturated rings. The first kappa shape index (κ1) is 18.9. The molecule has 0 saturated carbocycles. The number of nitrogens with zero attached hydrogens (tertiary/aromatic N) is 2. The fourth-order valence-electron chi connectivity index (χ4n) is 3.38. The van der Waals surface area contributed by atoms with Crippen molar-refractivity contribution in [3.63, 3.8) is 0 Å². The Balaban J connectivity index is 1.72. The van der Waals surface area contributed by atoms with E-state index in [9.17, 15) is 19.7 Å². The summed E-state index contributed by atoms with van der Waals surface area (Å²) >= 11 is 1.33. The molecule has 5 aromatic rings. The average Bonchev–Trinajstić information content (AvgIpc) is 3.19. The van der Waals surface area contributed by atoms with Crippen LogP contribution in [0.2, 0.25) is 0 Å². The number of rotatable bonds is 3. The number of hydrogen-bond donors (Lipinski definition) is 0. The van der Waals surface area contributed by atoms with E-state index in [-0.39, 0.29) is 22.3 Å². The summed E-state index contributed by atoms with van der Waals surface area (Å²) in [6, 6.07) is 10.4. The molecule has 0 saturated heterocycles. The lowest BCUT2D eigenvalue weighted by atomic mass is 10.0. The van der Waals surface area contributed by atoms with Gasteiger partial charge in [-0.2, -0.15) is 0 Å². The molecule has 0 aliphatic heterocycles. The Morgan fingerprint density at radius 2 is 1.81 bits per heavy atom. The number of hydrogen-bond acceptors (Lipinski definition) is 8. The van der Waals surface area contributed by atoms with Gasteiger partial charge in [-0.25, -0.2) is 9.78 Å². The van der Waals surface area contributed by atoms with E-state index in [1.807, 2.05) is 12.3 Å². The van der Waals surface area contributed by atoms with E-state index in [4.69, 9.17) is 8.83 Å². The predicted molar refractivity (Wildman–Crippen MR) is 116 cm³/mol. The molecule has 0 unspecified atom stereocenters. The number of thiazole rings is 1. The van der Waals surface area contributed by atoms with Gasteiger partial charge in [0.2, 0.25) is 5.43 Å². The van der Waals surface area contributed by atoms with Gasteiger partial charge in [-0.15, -0.1) is 11.3 Å². The van der Waals surface area contributed by atoms with E-state index >= 15 is 0 Å². The Morgan fingerprint density at radius 1 is 1.03 bits per heavy atom. The van der Waals surface area contributed by atoms with Crippen LogP contribution < -0.4 is 11.1 Å². The van der Waals surface area contributed by atoms with Crippen LogP contribution in [0.25, 0.3) is 43.6 Å². The molecule has 0 radical (unpaired) electrons. The monoisotopic (exact) mass is 432 g/mol. The minimum absolute atomic E-state index is 0.0695. The lowest BCUT2D eigenvalue weighted by Gasteiger charge is -2.06. The Bertz CT molecular complexity index is 1610. The highest BCUT2D eigenvalue weighted by Crippen LogP contribution is 2.30. The molecule has 3 heterocycles. The van der Waals surface area contributed by atoms with Crippen LogP contribution in [0.5, 0.6) is 0 Å². The van der Waals surface area contributed by atoms with E-state index in [1.54, 1.807) is 12.1 Å². The second-order valence-electron chi connectivity index (χ2n) is 6.88. The molecule has 0 spiro atoms. The maximum absolute atomic E-state index is 13.1. The summed E-state index contributed by atoms with van der Waals surface area (Å²) in [7, 11) is 0. The molecule has 0 N–H and O–H groups in total. The average molecular weight is 432 g/mol. The molecule has 3 aromatic heterocycles. The van der Waals surface area contributed by atoms with Crippen molar-refractivity contribution in [1.82, 2.24) is 4.98 Å². The third-order valence-corrected chi connectivity index (χ3v) is 5.88. The van der Waals surface area contributed by atoms with Gasteiger partial charge in [-0.3, -0.25) is 14.9 Å². The van der Waals surface area contributed by atoms with Crippen molar-refractivity contribution in [1.29, 1.82) is 0 Å². The van der Waals surface area contributed by atoms with Crippen molar-refractivity contribution in [3.8, 4) is 21.7 Å². The predicted octanol–water partition coefficient (Wildman–Crippen LogP) is 4.91. The van der Waals surface area contributed by atoms with Gasteiger partial charge < -0.3 is 8.83 Å². The van der Waals surface area contributed by atoms with Crippen molar-refractivity contribution in [2.75, 3.05) is 0 Å². The Labute approximate surface area is 177 Å². The number of nitro groups is 1. The molecule has 0 aliphatic rings. The van der Waals surface area contributed by atoms with Crippen LogP contribution in [0.1, 0.15) is 5.69 Å². The molecule has 8 nitrogen and oxygen atoms in total. The number of nitro benzene ring substituents is 1. The number of non-ortho nitro benzene ring substituents is 1. The molecule has 0 aliphatic carbocycles. The molecule has 0 bridgehead atoms. The summed E-state index contributed by atoms with van der Waals surface area (Å²) in [5, 5.41) is 14.0. The van der Waals surface area contributed by atoms with Crippen molar-refractivity contribution >= 4 is 39.0 Å². The minimum atomic E-state index is -0.522. The van der Waals surface area contributed by atoms with Crippen molar-refractivity contribution in [2.24, 2.45) is 0 Å². The van der Waals surface area contributed by atoms with E-state index in [1.165, 1.54) is 47.9 Å². The van der Waals surface area contributed by atoms with Crippen LogP contribution in [0.15, 0.2) is 72.5 Å².